The minimum atomic E-state index is -0.0657. The zero-order valence-corrected chi connectivity index (χ0v) is 12.4. The highest BCUT2D eigenvalue weighted by Gasteiger charge is 2.22. The zero-order chi connectivity index (χ0) is 14.2. The lowest BCUT2D eigenvalue weighted by Crippen LogP contribution is -2.26. The second kappa shape index (κ2) is 8.38. The van der Waals surface area contributed by atoms with Crippen molar-refractivity contribution in [3.05, 3.63) is 35.6 Å². The summed E-state index contributed by atoms with van der Waals surface area (Å²) in [5.74, 6) is 0.976. The van der Waals surface area contributed by atoms with Crippen LogP contribution in [0.25, 0.3) is 0 Å². The number of nitrogens with one attached hydrogen (secondary N) is 1. The van der Waals surface area contributed by atoms with Gasteiger partial charge < -0.3 is 10.1 Å². The van der Waals surface area contributed by atoms with E-state index in [1.807, 2.05) is 12.1 Å². The molecule has 2 rings (SSSR count). The summed E-state index contributed by atoms with van der Waals surface area (Å²) in [6, 6.07) is 7.22. The largest absolute Gasteiger partial charge is 0.383 e. The summed E-state index contributed by atoms with van der Waals surface area (Å²) >= 11 is 0. The Labute approximate surface area is 121 Å². The summed E-state index contributed by atoms with van der Waals surface area (Å²) in [6.45, 7) is 2.36. The van der Waals surface area contributed by atoms with Crippen LogP contribution < -0.4 is 5.32 Å². The summed E-state index contributed by atoms with van der Waals surface area (Å²) in [5, 5.41) is 3.39. The Hall–Kier alpha value is -0.930. The van der Waals surface area contributed by atoms with Crippen LogP contribution in [-0.4, -0.2) is 26.8 Å². The first-order valence-electron chi connectivity index (χ1n) is 7.75. The maximum atomic E-state index is 14.0. The van der Waals surface area contributed by atoms with E-state index in [9.17, 15) is 4.39 Å². The van der Waals surface area contributed by atoms with Gasteiger partial charge in [-0.2, -0.15) is 0 Å². The molecule has 1 atom stereocenters. The van der Waals surface area contributed by atoms with Crippen molar-refractivity contribution < 1.29 is 9.13 Å². The van der Waals surface area contributed by atoms with Crippen LogP contribution in [0, 0.1) is 11.7 Å². The lowest BCUT2D eigenvalue weighted by atomic mass is 9.87. The molecule has 1 aromatic rings. The number of hydrogen-bond acceptors (Lipinski definition) is 2. The molecule has 0 radical (unpaired) electrons. The van der Waals surface area contributed by atoms with Crippen molar-refractivity contribution in [1.29, 1.82) is 0 Å². The Balaban J connectivity index is 1.97. The molecule has 1 aromatic carbocycles. The van der Waals surface area contributed by atoms with Gasteiger partial charge in [0, 0.05) is 20.2 Å². The first kappa shape index (κ1) is 15.5. The highest BCUT2D eigenvalue weighted by atomic mass is 19.1. The normalized spacial score (nSPS) is 17.5. The monoisotopic (exact) mass is 279 g/mol. The van der Waals surface area contributed by atoms with Crippen molar-refractivity contribution in [1.82, 2.24) is 5.32 Å². The van der Waals surface area contributed by atoms with Gasteiger partial charge in [-0.3, -0.25) is 0 Å². The quantitative estimate of drug-likeness (QED) is 0.732. The van der Waals surface area contributed by atoms with Gasteiger partial charge >= 0.3 is 0 Å². The molecule has 1 N–H and O–H groups in total. The van der Waals surface area contributed by atoms with Gasteiger partial charge in [-0.1, -0.05) is 43.9 Å². The molecule has 0 saturated heterocycles. The Bertz CT molecular complexity index is 390. The number of hydrogen-bond donors (Lipinski definition) is 1. The Morgan fingerprint density at radius 3 is 2.75 bits per heavy atom. The van der Waals surface area contributed by atoms with Gasteiger partial charge in [-0.05, 0) is 29.9 Å². The van der Waals surface area contributed by atoms with Crippen molar-refractivity contribution in [3.8, 4) is 0 Å². The lowest BCUT2D eigenvalue weighted by molar-refractivity contribution is 0.198. The van der Waals surface area contributed by atoms with E-state index in [0.29, 0.717) is 6.61 Å². The van der Waals surface area contributed by atoms with E-state index in [2.05, 4.69) is 5.32 Å². The van der Waals surface area contributed by atoms with Crippen LogP contribution in [0.3, 0.4) is 0 Å². The average Bonchev–Trinajstić information content (AvgIpc) is 2.96. The maximum absolute atomic E-state index is 14.0. The standard InChI is InChI=1S/C17H26FNO/c1-20-11-10-19-13-15(12-14-6-2-3-7-14)16-8-4-5-9-17(16)18/h4-5,8-9,14-15,19H,2-3,6-7,10-13H2,1H3. The van der Waals surface area contributed by atoms with Crippen LogP contribution in [-0.2, 0) is 4.74 Å². The van der Waals surface area contributed by atoms with Crippen LogP contribution in [0.2, 0.25) is 0 Å². The van der Waals surface area contributed by atoms with Crippen molar-refractivity contribution >= 4 is 0 Å². The van der Waals surface area contributed by atoms with E-state index in [0.717, 1.165) is 31.0 Å². The van der Waals surface area contributed by atoms with Crippen molar-refractivity contribution in [2.24, 2.45) is 5.92 Å². The smallest absolute Gasteiger partial charge is 0.126 e. The van der Waals surface area contributed by atoms with Crippen molar-refractivity contribution in [2.45, 2.75) is 38.0 Å². The third-order valence-corrected chi connectivity index (χ3v) is 4.31. The van der Waals surface area contributed by atoms with E-state index in [-0.39, 0.29) is 11.7 Å². The first-order valence-corrected chi connectivity index (χ1v) is 7.75. The topological polar surface area (TPSA) is 21.3 Å². The average molecular weight is 279 g/mol. The van der Waals surface area contributed by atoms with E-state index < -0.39 is 0 Å². The number of rotatable bonds is 8. The fourth-order valence-electron chi connectivity index (χ4n) is 3.23. The predicted molar refractivity (Wildman–Crippen MR) is 80.5 cm³/mol. The molecule has 3 heteroatoms. The number of ether oxygens (including phenoxy) is 1. The SMILES string of the molecule is COCCNCC(CC1CCCC1)c1ccccc1F. The summed E-state index contributed by atoms with van der Waals surface area (Å²) < 4.78 is 19.1. The van der Waals surface area contributed by atoms with Gasteiger partial charge in [-0.25, -0.2) is 4.39 Å². The summed E-state index contributed by atoms with van der Waals surface area (Å²) in [4.78, 5) is 0. The van der Waals surface area contributed by atoms with Crippen LogP contribution in [0.1, 0.15) is 43.6 Å². The van der Waals surface area contributed by atoms with E-state index in [1.54, 1.807) is 19.2 Å². The molecule has 1 fully saturated rings. The second-order valence-electron chi connectivity index (χ2n) is 5.80. The molecule has 0 aliphatic heterocycles. The van der Waals surface area contributed by atoms with Crippen molar-refractivity contribution in [2.75, 3.05) is 26.8 Å². The minimum Gasteiger partial charge on any atom is -0.383 e. The number of halogens is 1. The molecule has 20 heavy (non-hydrogen) atoms. The Kier molecular flexibility index (Phi) is 6.48. The van der Waals surface area contributed by atoms with Crippen LogP contribution in [0.15, 0.2) is 24.3 Å². The molecule has 112 valence electrons. The number of methoxy groups -OCH3 is 1. The van der Waals surface area contributed by atoms with Crippen LogP contribution >= 0.6 is 0 Å². The van der Waals surface area contributed by atoms with Gasteiger partial charge in [0.25, 0.3) is 0 Å². The van der Waals surface area contributed by atoms with Gasteiger partial charge in [0.1, 0.15) is 5.82 Å². The summed E-state index contributed by atoms with van der Waals surface area (Å²) in [5.41, 5.74) is 0.865. The molecular formula is C17H26FNO. The third-order valence-electron chi connectivity index (χ3n) is 4.31. The van der Waals surface area contributed by atoms with Gasteiger partial charge in [-0.15, -0.1) is 0 Å². The third kappa shape index (κ3) is 4.57. The first-order chi connectivity index (χ1) is 9.81. The summed E-state index contributed by atoms with van der Waals surface area (Å²) in [7, 11) is 1.70. The molecule has 1 aliphatic rings. The molecule has 1 aliphatic carbocycles. The molecule has 1 saturated carbocycles. The molecule has 0 amide bonds. The molecule has 0 bridgehead atoms. The van der Waals surface area contributed by atoms with E-state index in [4.69, 9.17) is 4.74 Å². The number of benzene rings is 1. The molecule has 2 nitrogen and oxygen atoms in total. The predicted octanol–water partition coefficient (Wildman–Crippen LogP) is 3.73. The summed E-state index contributed by atoms with van der Waals surface area (Å²) in [6.07, 6.45) is 6.39. The molecule has 1 unspecified atom stereocenters. The maximum Gasteiger partial charge on any atom is 0.126 e. The lowest BCUT2D eigenvalue weighted by Gasteiger charge is -2.22. The Morgan fingerprint density at radius 2 is 2.05 bits per heavy atom. The van der Waals surface area contributed by atoms with Crippen LogP contribution in [0.5, 0.6) is 0 Å². The van der Waals surface area contributed by atoms with Gasteiger partial charge in [0.15, 0.2) is 0 Å². The van der Waals surface area contributed by atoms with Gasteiger partial charge in [0.2, 0.25) is 0 Å². The van der Waals surface area contributed by atoms with Crippen LogP contribution in [0.4, 0.5) is 4.39 Å². The Morgan fingerprint density at radius 1 is 1.30 bits per heavy atom. The highest BCUT2D eigenvalue weighted by Crippen LogP contribution is 2.34. The molecular weight excluding hydrogens is 253 g/mol. The fourth-order valence-corrected chi connectivity index (χ4v) is 3.23. The van der Waals surface area contributed by atoms with Crippen molar-refractivity contribution in [3.63, 3.8) is 0 Å². The highest BCUT2D eigenvalue weighted by molar-refractivity contribution is 5.22. The minimum absolute atomic E-state index is 0.0657. The van der Waals surface area contributed by atoms with Gasteiger partial charge in [0.05, 0.1) is 6.61 Å². The second-order valence-corrected chi connectivity index (χ2v) is 5.80. The van der Waals surface area contributed by atoms with E-state index >= 15 is 0 Å². The molecule has 0 aromatic heterocycles. The molecule has 0 spiro atoms. The fraction of sp³-hybridized carbons (Fsp3) is 0.647. The molecule has 0 heterocycles. The zero-order valence-electron chi connectivity index (χ0n) is 12.4. The van der Waals surface area contributed by atoms with E-state index in [1.165, 1.54) is 25.7 Å².